The summed E-state index contributed by atoms with van der Waals surface area (Å²) in [5, 5.41) is 2.93. The highest BCUT2D eigenvalue weighted by Crippen LogP contribution is 2.37. The zero-order chi connectivity index (χ0) is 12.0. The molecule has 0 spiro atoms. The Morgan fingerprint density at radius 1 is 1.59 bits per heavy atom. The molecule has 2 aliphatic rings. The summed E-state index contributed by atoms with van der Waals surface area (Å²) in [4.78, 5) is 12.0. The largest absolute Gasteiger partial charge is 0.469 e. The maximum atomic E-state index is 12.0. The Bertz CT molecular complexity index is 443. The molecule has 1 amide bonds. The second-order valence-corrected chi connectivity index (χ2v) is 4.75. The third kappa shape index (κ3) is 1.57. The molecule has 1 aliphatic carbocycles. The number of hydrogen-bond acceptors (Lipinski definition) is 4. The predicted molar refractivity (Wildman–Crippen MR) is 60.5 cm³/mol. The minimum atomic E-state index is -0.134. The molecule has 1 saturated heterocycles. The monoisotopic (exact) mass is 236 g/mol. The number of fused-ring (bicyclic) bond motifs is 1. The first-order valence-corrected chi connectivity index (χ1v) is 5.90. The second kappa shape index (κ2) is 3.85. The van der Waals surface area contributed by atoms with Crippen LogP contribution in [0.4, 0.5) is 0 Å². The fourth-order valence-electron chi connectivity index (χ4n) is 2.78. The van der Waals surface area contributed by atoms with Crippen molar-refractivity contribution in [2.24, 2.45) is 11.7 Å². The molecule has 1 aliphatic heterocycles. The van der Waals surface area contributed by atoms with Gasteiger partial charge in [-0.05, 0) is 19.4 Å². The Labute approximate surface area is 99.3 Å². The van der Waals surface area contributed by atoms with Crippen molar-refractivity contribution < 1.29 is 13.9 Å². The van der Waals surface area contributed by atoms with Gasteiger partial charge >= 0.3 is 0 Å². The molecule has 5 nitrogen and oxygen atoms in total. The zero-order valence-corrected chi connectivity index (χ0v) is 9.68. The van der Waals surface area contributed by atoms with E-state index in [1.807, 2.05) is 0 Å². The summed E-state index contributed by atoms with van der Waals surface area (Å²) in [7, 11) is 0. The Morgan fingerprint density at radius 3 is 3.12 bits per heavy atom. The van der Waals surface area contributed by atoms with E-state index in [1.165, 1.54) is 6.26 Å². The minimum absolute atomic E-state index is 0.0126. The van der Waals surface area contributed by atoms with Crippen LogP contribution >= 0.6 is 0 Å². The first-order valence-electron chi connectivity index (χ1n) is 5.90. The molecular formula is C12H16N2O3. The van der Waals surface area contributed by atoms with E-state index in [4.69, 9.17) is 14.9 Å². The lowest BCUT2D eigenvalue weighted by molar-refractivity contribution is -0.0161. The van der Waals surface area contributed by atoms with Gasteiger partial charge in [0.1, 0.15) is 5.76 Å². The smallest absolute Gasteiger partial charge is 0.255 e. The SMILES string of the molecule is Cc1occc1C(=O)NC1C(N)C2CCOC21. The third-order valence-corrected chi connectivity index (χ3v) is 3.85. The standard InChI is InChI=1S/C12H16N2O3/c1-6-7(2-4-16-6)12(15)14-10-9(13)8-3-5-17-11(8)10/h2,4,8-11H,3,5,13H2,1H3,(H,14,15). The van der Waals surface area contributed by atoms with E-state index in [0.717, 1.165) is 13.0 Å². The van der Waals surface area contributed by atoms with Crippen molar-refractivity contribution in [3.8, 4) is 0 Å². The number of hydrogen-bond donors (Lipinski definition) is 2. The molecule has 3 N–H and O–H groups in total. The molecule has 5 heteroatoms. The van der Waals surface area contributed by atoms with Crippen LogP contribution in [0.2, 0.25) is 0 Å². The summed E-state index contributed by atoms with van der Waals surface area (Å²) in [6.45, 7) is 2.52. The van der Waals surface area contributed by atoms with E-state index in [2.05, 4.69) is 5.32 Å². The second-order valence-electron chi connectivity index (χ2n) is 4.75. The van der Waals surface area contributed by atoms with Crippen LogP contribution in [0.15, 0.2) is 16.7 Å². The van der Waals surface area contributed by atoms with Crippen molar-refractivity contribution in [2.45, 2.75) is 31.5 Å². The normalized spacial score (nSPS) is 35.2. The average Bonchev–Trinajstić information content (AvgIpc) is 2.91. The van der Waals surface area contributed by atoms with E-state index >= 15 is 0 Å². The number of nitrogens with two attached hydrogens (primary N) is 1. The topological polar surface area (TPSA) is 77.5 Å². The van der Waals surface area contributed by atoms with Crippen LogP contribution in [0.5, 0.6) is 0 Å². The van der Waals surface area contributed by atoms with E-state index in [0.29, 0.717) is 17.2 Å². The van der Waals surface area contributed by atoms with Crippen molar-refractivity contribution in [1.29, 1.82) is 0 Å². The lowest BCUT2D eigenvalue weighted by Gasteiger charge is -2.45. The summed E-state index contributed by atoms with van der Waals surface area (Å²) in [5.41, 5.74) is 6.60. The van der Waals surface area contributed by atoms with Crippen LogP contribution in [-0.4, -0.2) is 30.7 Å². The number of ether oxygens (including phenoxy) is 1. The van der Waals surface area contributed by atoms with Crippen molar-refractivity contribution in [3.05, 3.63) is 23.7 Å². The molecular weight excluding hydrogens is 220 g/mol. The Hall–Kier alpha value is -1.33. The summed E-state index contributed by atoms with van der Waals surface area (Å²) in [6, 6.07) is 1.62. The van der Waals surface area contributed by atoms with Gasteiger partial charge in [-0.2, -0.15) is 0 Å². The Kier molecular flexibility index (Phi) is 2.45. The highest BCUT2D eigenvalue weighted by Gasteiger charge is 2.52. The fraction of sp³-hybridized carbons (Fsp3) is 0.583. The molecule has 4 atom stereocenters. The van der Waals surface area contributed by atoms with Crippen molar-refractivity contribution in [2.75, 3.05) is 6.61 Å². The first kappa shape index (κ1) is 10.8. The highest BCUT2D eigenvalue weighted by molar-refractivity contribution is 5.95. The lowest BCUT2D eigenvalue weighted by Crippen LogP contribution is -2.68. The van der Waals surface area contributed by atoms with Gasteiger partial charge < -0.3 is 20.2 Å². The molecule has 92 valence electrons. The van der Waals surface area contributed by atoms with E-state index in [1.54, 1.807) is 13.0 Å². The number of furan rings is 1. The van der Waals surface area contributed by atoms with Crippen LogP contribution in [0.3, 0.4) is 0 Å². The number of rotatable bonds is 2. The van der Waals surface area contributed by atoms with Gasteiger partial charge in [-0.15, -0.1) is 0 Å². The number of carbonyl (C=O) groups is 1. The van der Waals surface area contributed by atoms with Crippen molar-refractivity contribution >= 4 is 5.91 Å². The van der Waals surface area contributed by atoms with Crippen LogP contribution in [0, 0.1) is 12.8 Å². The van der Waals surface area contributed by atoms with Gasteiger partial charge in [0.2, 0.25) is 0 Å². The van der Waals surface area contributed by atoms with E-state index in [-0.39, 0.29) is 24.1 Å². The summed E-state index contributed by atoms with van der Waals surface area (Å²) < 4.78 is 10.7. The molecule has 17 heavy (non-hydrogen) atoms. The number of carbonyl (C=O) groups excluding carboxylic acids is 1. The Morgan fingerprint density at radius 2 is 2.41 bits per heavy atom. The number of amides is 1. The Balaban J connectivity index is 1.68. The number of nitrogens with one attached hydrogen (secondary N) is 1. The third-order valence-electron chi connectivity index (χ3n) is 3.85. The van der Waals surface area contributed by atoms with Crippen molar-refractivity contribution in [3.63, 3.8) is 0 Å². The molecule has 0 aromatic carbocycles. The molecule has 2 heterocycles. The molecule has 3 rings (SSSR count). The van der Waals surface area contributed by atoms with Gasteiger partial charge in [0.05, 0.1) is 24.0 Å². The quantitative estimate of drug-likeness (QED) is 0.780. The molecule has 0 bridgehead atoms. The molecule has 1 saturated carbocycles. The zero-order valence-electron chi connectivity index (χ0n) is 9.68. The van der Waals surface area contributed by atoms with Crippen molar-refractivity contribution in [1.82, 2.24) is 5.32 Å². The first-order chi connectivity index (χ1) is 8.18. The summed E-state index contributed by atoms with van der Waals surface area (Å²) >= 11 is 0. The highest BCUT2D eigenvalue weighted by atomic mass is 16.5. The summed E-state index contributed by atoms with van der Waals surface area (Å²) in [5.74, 6) is 0.899. The van der Waals surface area contributed by atoms with Gasteiger partial charge in [-0.3, -0.25) is 4.79 Å². The molecule has 2 fully saturated rings. The van der Waals surface area contributed by atoms with Crippen LogP contribution in [-0.2, 0) is 4.74 Å². The van der Waals surface area contributed by atoms with Crippen LogP contribution < -0.4 is 11.1 Å². The van der Waals surface area contributed by atoms with Gasteiger partial charge in [0.25, 0.3) is 5.91 Å². The predicted octanol–water partition coefficient (Wildman–Crippen LogP) is 0.432. The molecule has 4 unspecified atom stereocenters. The van der Waals surface area contributed by atoms with E-state index in [9.17, 15) is 4.79 Å². The van der Waals surface area contributed by atoms with Gasteiger partial charge in [-0.25, -0.2) is 0 Å². The maximum absolute atomic E-state index is 12.0. The van der Waals surface area contributed by atoms with Gasteiger partial charge in [-0.1, -0.05) is 0 Å². The maximum Gasteiger partial charge on any atom is 0.255 e. The number of aryl methyl sites for hydroxylation is 1. The van der Waals surface area contributed by atoms with Crippen LogP contribution in [0.25, 0.3) is 0 Å². The van der Waals surface area contributed by atoms with Crippen LogP contribution in [0.1, 0.15) is 22.5 Å². The van der Waals surface area contributed by atoms with Gasteiger partial charge in [0, 0.05) is 18.6 Å². The summed E-state index contributed by atoms with van der Waals surface area (Å²) in [6.07, 6.45) is 2.61. The van der Waals surface area contributed by atoms with Gasteiger partial charge in [0.15, 0.2) is 0 Å². The fourth-order valence-corrected chi connectivity index (χ4v) is 2.78. The minimum Gasteiger partial charge on any atom is -0.469 e. The molecule has 1 aromatic rings. The molecule has 1 aromatic heterocycles. The lowest BCUT2D eigenvalue weighted by atomic mass is 9.72. The molecule has 0 radical (unpaired) electrons. The van der Waals surface area contributed by atoms with E-state index < -0.39 is 0 Å². The average molecular weight is 236 g/mol.